The Hall–Kier alpha value is -4.58. The lowest BCUT2D eigenvalue weighted by Crippen LogP contribution is -2.25. The van der Waals surface area contributed by atoms with Crippen molar-refractivity contribution in [2.24, 2.45) is 5.92 Å². The van der Waals surface area contributed by atoms with E-state index in [-0.39, 0.29) is 64.2 Å². The molecule has 0 aromatic heterocycles. The third kappa shape index (κ3) is 17.0. The fraction of sp³-hybridized carbons (Fsp3) is 0.324. The number of carbonyl (C=O) groups is 5. The van der Waals surface area contributed by atoms with Crippen LogP contribution in [0.1, 0.15) is 30.0 Å². The quantitative estimate of drug-likeness (QED) is 0.118. The summed E-state index contributed by atoms with van der Waals surface area (Å²) in [6.07, 6.45) is 0.225. The van der Waals surface area contributed by atoms with Gasteiger partial charge in [0.05, 0.1) is 12.5 Å². The maximum Gasteiger partial charge on any atom is 0.332 e. The molecule has 11 nitrogen and oxygen atoms in total. The summed E-state index contributed by atoms with van der Waals surface area (Å²) in [6.45, 7) is 1.02. The third-order valence-electron chi connectivity index (χ3n) is 5.92. The highest BCUT2D eigenvalue weighted by Crippen LogP contribution is 2.18. The van der Waals surface area contributed by atoms with Gasteiger partial charge in [-0.15, -0.1) is 0 Å². The normalized spacial score (nSPS) is 10.9. The van der Waals surface area contributed by atoms with Crippen LogP contribution in [-0.2, 0) is 67.3 Å². The highest BCUT2D eigenvalue weighted by Gasteiger charge is 2.24. The van der Waals surface area contributed by atoms with Gasteiger partial charge < -0.3 is 28.8 Å². The lowest BCUT2D eigenvalue weighted by atomic mass is 9.94. The summed E-state index contributed by atoms with van der Waals surface area (Å²) in [7, 11) is 0. The van der Waals surface area contributed by atoms with Gasteiger partial charge in [-0.05, 0) is 53.8 Å². The zero-order valence-corrected chi connectivity index (χ0v) is 26.2. The first-order valence-electron chi connectivity index (χ1n) is 14.3. The lowest BCUT2D eigenvalue weighted by molar-refractivity contribution is -0.153. The van der Waals surface area contributed by atoms with Crippen LogP contribution in [0, 0.1) is 5.92 Å². The van der Waals surface area contributed by atoms with E-state index in [1.54, 1.807) is 19.1 Å². The molecule has 0 saturated heterocycles. The van der Waals surface area contributed by atoms with Crippen LogP contribution in [-0.4, -0.2) is 67.1 Å². The molecule has 0 spiro atoms. The van der Waals surface area contributed by atoms with Crippen LogP contribution in [0.5, 0.6) is 5.75 Å². The minimum absolute atomic E-state index is 0.0707. The van der Waals surface area contributed by atoms with Crippen LogP contribution in [0.15, 0.2) is 84.9 Å². The van der Waals surface area contributed by atoms with E-state index in [2.05, 4.69) is 4.74 Å². The molecule has 0 amide bonds. The molecule has 12 heteroatoms. The Morgan fingerprint density at radius 3 is 1.63 bits per heavy atom. The van der Waals surface area contributed by atoms with Crippen LogP contribution in [0.2, 0.25) is 0 Å². The van der Waals surface area contributed by atoms with E-state index >= 15 is 0 Å². The molecule has 0 fully saturated rings. The highest BCUT2D eigenvalue weighted by atomic mass is 35.5. The topological polar surface area (TPSA) is 152 Å². The maximum atomic E-state index is 12.2. The lowest BCUT2D eigenvalue weighted by Gasteiger charge is -2.15. The first-order valence-corrected chi connectivity index (χ1v) is 14.7. The van der Waals surface area contributed by atoms with Crippen LogP contribution < -0.4 is 0 Å². The van der Waals surface area contributed by atoms with E-state index in [0.717, 1.165) is 16.7 Å². The third-order valence-corrected chi connectivity index (χ3v) is 6.03. The number of Topliss-reactive ketones (excluding diaryl/α,β-unsaturated/α-hetero) is 1. The Bertz CT molecular complexity index is 1360. The minimum Gasteiger partial charge on any atom is -0.508 e. The second-order valence-corrected chi connectivity index (χ2v) is 10.1. The molecule has 246 valence electrons. The van der Waals surface area contributed by atoms with Crippen molar-refractivity contribution in [2.45, 2.75) is 33.0 Å². The molecule has 46 heavy (non-hydrogen) atoms. The molecule has 0 saturated carbocycles. The molecule has 3 rings (SSSR count). The first kappa shape index (κ1) is 37.6. The van der Waals surface area contributed by atoms with Gasteiger partial charge in [0, 0.05) is 6.42 Å². The van der Waals surface area contributed by atoms with Crippen LogP contribution in [0.4, 0.5) is 0 Å². The molecule has 0 radical (unpaired) electrons. The molecule has 1 N–H and O–H groups in total. The van der Waals surface area contributed by atoms with Crippen molar-refractivity contribution < 1.29 is 52.8 Å². The van der Waals surface area contributed by atoms with Crippen molar-refractivity contribution in [1.82, 2.24) is 0 Å². The zero-order chi connectivity index (χ0) is 33.6. The number of ketones is 1. The summed E-state index contributed by atoms with van der Waals surface area (Å²) >= 11 is 5.02. The van der Waals surface area contributed by atoms with Gasteiger partial charge in [0.25, 0.3) is 0 Å². The standard InChI is InChI=1S/C23H26O7.C11H11ClO4/c1-2-29-23(27)19(12-17-8-10-20(24)11-9-17)13-21(25)15-28-16-22(26)30-14-18-6-4-3-5-7-18;12-10(13)7-15-8-11(14)16-6-9-4-2-1-3-5-9/h3-11,19,24H,2,12-16H2,1H3;1-5H,6-8H2. The predicted molar refractivity (Wildman–Crippen MR) is 167 cm³/mol. The molecule has 1 unspecified atom stereocenters. The number of esters is 3. The average Bonchev–Trinajstić information content (AvgIpc) is 3.05. The van der Waals surface area contributed by atoms with E-state index in [9.17, 15) is 29.1 Å². The molecule has 3 aromatic carbocycles. The summed E-state index contributed by atoms with van der Waals surface area (Å²) in [4.78, 5) is 57.6. The van der Waals surface area contributed by atoms with Crippen LogP contribution in [0.3, 0.4) is 0 Å². The Morgan fingerprint density at radius 1 is 0.652 bits per heavy atom. The van der Waals surface area contributed by atoms with Gasteiger partial charge in [-0.1, -0.05) is 72.8 Å². The number of rotatable bonds is 18. The van der Waals surface area contributed by atoms with Crippen molar-refractivity contribution in [3.63, 3.8) is 0 Å². The van der Waals surface area contributed by atoms with Gasteiger partial charge in [-0.3, -0.25) is 14.4 Å². The molecule has 1 atom stereocenters. The van der Waals surface area contributed by atoms with E-state index in [4.69, 9.17) is 30.5 Å². The summed E-state index contributed by atoms with van der Waals surface area (Å²) in [6, 6.07) is 24.9. The Kier molecular flexibility index (Phi) is 18.0. The number of halogens is 1. The fourth-order valence-electron chi connectivity index (χ4n) is 3.77. The average molecular weight is 657 g/mol. The summed E-state index contributed by atoms with van der Waals surface area (Å²) in [5, 5.41) is 8.73. The van der Waals surface area contributed by atoms with Crippen LogP contribution >= 0.6 is 11.6 Å². The van der Waals surface area contributed by atoms with Crippen LogP contribution in [0.25, 0.3) is 0 Å². The van der Waals surface area contributed by atoms with E-state index in [1.807, 2.05) is 60.7 Å². The number of phenols is 1. The minimum atomic E-state index is -0.671. The smallest absolute Gasteiger partial charge is 0.332 e. The fourth-order valence-corrected chi connectivity index (χ4v) is 3.85. The number of aromatic hydroxyl groups is 1. The van der Waals surface area contributed by atoms with Gasteiger partial charge in [-0.25, -0.2) is 9.59 Å². The number of phenolic OH excluding ortho intramolecular Hbond substituents is 1. The van der Waals surface area contributed by atoms with Gasteiger partial charge in [0.1, 0.15) is 45.4 Å². The SMILES string of the molecule is CCOC(=O)C(CC(=O)COCC(=O)OCc1ccccc1)Cc1ccc(O)cc1.O=C(Cl)COCC(=O)OCc1ccccc1. The second-order valence-electron chi connectivity index (χ2n) is 9.70. The summed E-state index contributed by atoms with van der Waals surface area (Å²) < 4.78 is 24.9. The van der Waals surface area contributed by atoms with Crippen molar-refractivity contribution in [3.8, 4) is 5.75 Å². The Morgan fingerprint density at radius 2 is 1.15 bits per heavy atom. The van der Waals surface area contributed by atoms with E-state index < -0.39 is 29.1 Å². The molecule has 3 aromatic rings. The van der Waals surface area contributed by atoms with Crippen molar-refractivity contribution in [1.29, 1.82) is 0 Å². The van der Waals surface area contributed by atoms with Gasteiger partial charge in [0.2, 0.25) is 5.24 Å². The maximum absolute atomic E-state index is 12.2. The largest absolute Gasteiger partial charge is 0.508 e. The molecule has 0 bridgehead atoms. The molecular weight excluding hydrogens is 620 g/mol. The van der Waals surface area contributed by atoms with Crippen molar-refractivity contribution in [2.75, 3.05) is 33.0 Å². The molecular formula is C34H37ClO11. The monoisotopic (exact) mass is 656 g/mol. The number of hydrogen-bond acceptors (Lipinski definition) is 11. The van der Waals surface area contributed by atoms with E-state index in [0.29, 0.717) is 6.42 Å². The molecule has 0 aliphatic carbocycles. The second kappa shape index (κ2) is 22.0. The summed E-state index contributed by atoms with van der Waals surface area (Å²) in [5.41, 5.74) is 2.54. The Balaban J connectivity index is 0.000000387. The molecule has 0 aliphatic heterocycles. The number of ether oxygens (including phenoxy) is 5. The Labute approximate surface area is 272 Å². The number of hydrogen-bond donors (Lipinski definition) is 1. The molecule has 0 heterocycles. The molecule has 0 aliphatic rings. The number of carbonyl (C=O) groups excluding carboxylic acids is 5. The predicted octanol–water partition coefficient (Wildman–Crippen LogP) is 4.35. The van der Waals surface area contributed by atoms with E-state index in [1.165, 1.54) is 12.1 Å². The van der Waals surface area contributed by atoms with Gasteiger partial charge in [-0.2, -0.15) is 0 Å². The van der Waals surface area contributed by atoms with Crippen molar-refractivity contribution in [3.05, 3.63) is 102 Å². The zero-order valence-electron chi connectivity index (χ0n) is 25.4. The highest BCUT2D eigenvalue weighted by molar-refractivity contribution is 6.63. The number of benzene rings is 3. The van der Waals surface area contributed by atoms with Gasteiger partial charge >= 0.3 is 17.9 Å². The summed E-state index contributed by atoms with van der Waals surface area (Å²) in [5.74, 6) is -2.44. The van der Waals surface area contributed by atoms with Crippen molar-refractivity contribution >= 4 is 40.5 Å². The first-order chi connectivity index (χ1) is 22.2. The van der Waals surface area contributed by atoms with Gasteiger partial charge in [0.15, 0.2) is 5.78 Å².